The van der Waals surface area contributed by atoms with Crippen LogP contribution in [0.2, 0.25) is 5.02 Å². The summed E-state index contributed by atoms with van der Waals surface area (Å²) in [5.74, 6) is -2.00. The van der Waals surface area contributed by atoms with E-state index in [1.165, 1.54) is 30.3 Å². The van der Waals surface area contributed by atoms with Crippen molar-refractivity contribution in [3.63, 3.8) is 0 Å². The van der Waals surface area contributed by atoms with E-state index in [0.29, 0.717) is 20.7 Å². The van der Waals surface area contributed by atoms with Gasteiger partial charge >= 0.3 is 6.03 Å². The van der Waals surface area contributed by atoms with E-state index in [0.717, 1.165) is 4.90 Å². The third-order valence-corrected chi connectivity index (χ3v) is 5.71. The largest absolute Gasteiger partial charge is 0.508 e. The number of hydrogen-bond acceptors (Lipinski definition) is 6. The van der Waals surface area contributed by atoms with Gasteiger partial charge in [0.1, 0.15) is 17.1 Å². The minimum atomic E-state index is -0.919. The van der Waals surface area contributed by atoms with E-state index in [2.05, 4.69) is 26.6 Å². The van der Waals surface area contributed by atoms with E-state index in [4.69, 9.17) is 16.3 Å². The van der Waals surface area contributed by atoms with Crippen molar-refractivity contribution in [2.24, 2.45) is 0 Å². The molecular weight excluding hydrogens is 554 g/mol. The number of amides is 5. The fourth-order valence-electron chi connectivity index (χ4n) is 3.29. The Morgan fingerprint density at radius 1 is 1.06 bits per heavy atom. The van der Waals surface area contributed by atoms with Crippen LogP contribution in [-0.4, -0.2) is 35.5 Å². The smallest absolute Gasteiger partial charge is 0.335 e. The molecule has 3 N–H and O–H groups in total. The number of phenolic OH excluding ortho intramolecular Hbond substituents is 1. The molecule has 3 aromatic carbocycles. The van der Waals surface area contributed by atoms with Gasteiger partial charge < -0.3 is 15.2 Å². The quantitative estimate of drug-likeness (QED) is 0.296. The number of carbonyl (C=O) groups is 4. The fraction of sp³-hybridized carbons (Fsp3) is 0.0400. The van der Waals surface area contributed by atoms with Gasteiger partial charge in [0, 0.05) is 20.7 Å². The third-order valence-electron chi connectivity index (χ3n) is 4.97. The number of barbiturate groups is 1. The number of imide groups is 2. The van der Waals surface area contributed by atoms with Gasteiger partial charge in [-0.05, 0) is 72.8 Å². The summed E-state index contributed by atoms with van der Waals surface area (Å²) in [7, 11) is 0. The Morgan fingerprint density at radius 3 is 2.44 bits per heavy atom. The maximum absolute atomic E-state index is 13.1. The Kier molecular flexibility index (Phi) is 7.37. The number of benzene rings is 3. The average molecular weight is 571 g/mol. The van der Waals surface area contributed by atoms with Crippen LogP contribution in [0.5, 0.6) is 11.5 Å². The lowest BCUT2D eigenvalue weighted by Crippen LogP contribution is -2.54. The van der Waals surface area contributed by atoms with Crippen LogP contribution < -0.4 is 20.3 Å². The summed E-state index contributed by atoms with van der Waals surface area (Å²) in [6, 6.07) is 15.8. The molecule has 11 heteroatoms. The summed E-state index contributed by atoms with van der Waals surface area (Å²) in [6.07, 6.45) is 1.27. The number of phenols is 1. The molecule has 0 aromatic heterocycles. The SMILES string of the molecule is O=C(COc1ccc(Br)cc1/C=C1\C(=O)NC(=O)N(c2ccc(O)cc2)C1=O)Nc1ccc(Cl)cc1. The van der Waals surface area contributed by atoms with Crippen molar-refractivity contribution in [2.75, 3.05) is 16.8 Å². The first-order valence-corrected chi connectivity index (χ1v) is 11.6. The molecule has 5 amide bonds. The molecule has 36 heavy (non-hydrogen) atoms. The Balaban J connectivity index is 1.57. The van der Waals surface area contributed by atoms with Gasteiger partial charge in [-0.3, -0.25) is 19.7 Å². The number of nitrogens with one attached hydrogen (secondary N) is 2. The van der Waals surface area contributed by atoms with Gasteiger partial charge in [0.15, 0.2) is 6.61 Å². The van der Waals surface area contributed by atoms with Gasteiger partial charge in [-0.25, -0.2) is 9.69 Å². The maximum atomic E-state index is 13.1. The summed E-state index contributed by atoms with van der Waals surface area (Å²) >= 11 is 9.19. The van der Waals surface area contributed by atoms with E-state index < -0.39 is 23.8 Å². The van der Waals surface area contributed by atoms with Gasteiger partial charge in [-0.1, -0.05) is 27.5 Å². The standard InChI is InChI=1S/C25H17BrClN3O6/c26-15-1-10-21(36-13-22(32)28-17-4-2-16(27)3-5-17)14(11-15)12-20-23(33)29-25(35)30(24(20)34)18-6-8-19(31)9-7-18/h1-12,31H,13H2,(H,28,32)(H,29,33,35)/b20-12+. The second kappa shape index (κ2) is 10.6. The zero-order valence-corrected chi connectivity index (χ0v) is 20.7. The van der Waals surface area contributed by atoms with Crippen molar-refractivity contribution in [3.05, 3.63) is 87.4 Å². The highest BCUT2D eigenvalue weighted by Crippen LogP contribution is 2.28. The molecule has 0 bridgehead atoms. The second-order valence-electron chi connectivity index (χ2n) is 7.50. The van der Waals surface area contributed by atoms with Crippen LogP contribution in [0.1, 0.15) is 5.56 Å². The van der Waals surface area contributed by atoms with E-state index in [-0.39, 0.29) is 29.4 Å². The number of aromatic hydroxyl groups is 1. The first-order valence-electron chi connectivity index (χ1n) is 10.4. The van der Waals surface area contributed by atoms with E-state index in [9.17, 15) is 24.3 Å². The molecule has 1 aliphatic rings. The number of ether oxygens (including phenoxy) is 1. The molecule has 1 saturated heterocycles. The molecule has 3 aromatic rings. The summed E-state index contributed by atoms with van der Waals surface area (Å²) < 4.78 is 6.28. The van der Waals surface area contributed by atoms with Crippen molar-refractivity contribution in [2.45, 2.75) is 0 Å². The minimum absolute atomic E-state index is 0.0496. The average Bonchev–Trinajstić information content (AvgIpc) is 2.84. The second-order valence-corrected chi connectivity index (χ2v) is 8.85. The highest BCUT2D eigenvalue weighted by Gasteiger charge is 2.37. The van der Waals surface area contributed by atoms with E-state index in [1.807, 2.05) is 0 Å². The van der Waals surface area contributed by atoms with Gasteiger partial charge in [-0.15, -0.1) is 0 Å². The molecule has 4 rings (SSSR count). The molecule has 1 heterocycles. The van der Waals surface area contributed by atoms with Gasteiger partial charge in [-0.2, -0.15) is 0 Å². The summed E-state index contributed by atoms with van der Waals surface area (Å²) in [4.78, 5) is 51.1. The molecular formula is C25H17BrClN3O6. The Bertz CT molecular complexity index is 1390. The molecule has 1 aliphatic heterocycles. The molecule has 0 radical (unpaired) electrons. The van der Waals surface area contributed by atoms with Crippen LogP contribution in [0.25, 0.3) is 6.08 Å². The lowest BCUT2D eigenvalue weighted by Gasteiger charge is -2.26. The third kappa shape index (κ3) is 5.73. The normalized spacial score (nSPS) is 14.6. The number of urea groups is 1. The minimum Gasteiger partial charge on any atom is -0.508 e. The molecule has 182 valence electrons. The number of carbonyl (C=O) groups excluding carboxylic acids is 4. The predicted molar refractivity (Wildman–Crippen MR) is 137 cm³/mol. The molecule has 0 aliphatic carbocycles. The van der Waals surface area contributed by atoms with Crippen molar-refractivity contribution < 1.29 is 29.0 Å². The highest BCUT2D eigenvalue weighted by atomic mass is 79.9. The lowest BCUT2D eigenvalue weighted by atomic mass is 10.1. The summed E-state index contributed by atoms with van der Waals surface area (Å²) in [5, 5.41) is 14.8. The Hall–Kier alpha value is -4.15. The molecule has 0 atom stereocenters. The van der Waals surface area contributed by atoms with Crippen LogP contribution in [0.4, 0.5) is 16.2 Å². The fourth-order valence-corrected chi connectivity index (χ4v) is 3.79. The Labute approximate surface area is 218 Å². The molecule has 0 unspecified atom stereocenters. The molecule has 0 saturated carbocycles. The van der Waals surface area contributed by atoms with Crippen LogP contribution in [-0.2, 0) is 14.4 Å². The highest BCUT2D eigenvalue weighted by molar-refractivity contribution is 9.10. The number of anilines is 2. The van der Waals surface area contributed by atoms with Gasteiger partial charge in [0.2, 0.25) is 0 Å². The van der Waals surface area contributed by atoms with Crippen LogP contribution in [0.3, 0.4) is 0 Å². The summed E-state index contributed by atoms with van der Waals surface area (Å²) in [5.41, 5.74) is 0.700. The summed E-state index contributed by atoms with van der Waals surface area (Å²) in [6.45, 7) is -0.349. The van der Waals surface area contributed by atoms with Crippen molar-refractivity contribution in [1.29, 1.82) is 0 Å². The van der Waals surface area contributed by atoms with Gasteiger partial charge in [0.25, 0.3) is 17.7 Å². The van der Waals surface area contributed by atoms with Crippen LogP contribution in [0, 0.1) is 0 Å². The lowest BCUT2D eigenvalue weighted by molar-refractivity contribution is -0.122. The first kappa shape index (κ1) is 25.0. The Morgan fingerprint density at radius 2 is 1.75 bits per heavy atom. The zero-order valence-electron chi connectivity index (χ0n) is 18.3. The predicted octanol–water partition coefficient (Wildman–Crippen LogP) is 4.49. The van der Waals surface area contributed by atoms with Crippen LogP contribution >= 0.6 is 27.5 Å². The number of hydrogen-bond donors (Lipinski definition) is 3. The maximum Gasteiger partial charge on any atom is 0.335 e. The monoisotopic (exact) mass is 569 g/mol. The number of rotatable bonds is 6. The molecule has 1 fully saturated rings. The van der Waals surface area contributed by atoms with E-state index >= 15 is 0 Å². The number of nitrogens with zero attached hydrogens (tertiary/aromatic N) is 1. The van der Waals surface area contributed by atoms with Crippen molar-refractivity contribution in [3.8, 4) is 11.5 Å². The zero-order chi connectivity index (χ0) is 25.8. The van der Waals surface area contributed by atoms with Crippen molar-refractivity contribution >= 4 is 68.7 Å². The van der Waals surface area contributed by atoms with E-state index in [1.54, 1.807) is 42.5 Å². The first-order chi connectivity index (χ1) is 17.2. The molecule has 0 spiro atoms. The van der Waals surface area contributed by atoms with Crippen molar-refractivity contribution in [1.82, 2.24) is 5.32 Å². The topological polar surface area (TPSA) is 125 Å². The number of halogens is 2. The molecule has 9 nitrogen and oxygen atoms in total. The van der Waals surface area contributed by atoms with Gasteiger partial charge in [0.05, 0.1) is 5.69 Å². The van der Waals surface area contributed by atoms with Crippen LogP contribution in [0.15, 0.2) is 76.8 Å².